The highest BCUT2D eigenvalue weighted by Gasteiger charge is 2.20. The molecule has 0 aliphatic rings. The predicted molar refractivity (Wildman–Crippen MR) is 114 cm³/mol. The first kappa shape index (κ1) is 20.3. The van der Waals surface area contributed by atoms with E-state index in [0.717, 1.165) is 12.3 Å². The normalized spacial score (nSPS) is 11.7. The SMILES string of the molecule is CS(=O)(=O)c1ccc(Nc2ncnc3c2nc(N)n3-c2c(Cl)cccc2Cl)cc1F. The summed E-state index contributed by atoms with van der Waals surface area (Å²) in [5, 5.41) is 3.60. The van der Waals surface area contributed by atoms with E-state index >= 15 is 0 Å². The third-order valence-corrected chi connectivity index (χ3v) is 5.97. The van der Waals surface area contributed by atoms with Gasteiger partial charge < -0.3 is 11.1 Å². The van der Waals surface area contributed by atoms with Gasteiger partial charge in [0.05, 0.1) is 15.7 Å². The van der Waals surface area contributed by atoms with Gasteiger partial charge in [-0.25, -0.2) is 27.8 Å². The zero-order chi connectivity index (χ0) is 21.6. The van der Waals surface area contributed by atoms with E-state index in [4.69, 9.17) is 28.9 Å². The van der Waals surface area contributed by atoms with Gasteiger partial charge in [0.1, 0.15) is 17.0 Å². The highest BCUT2D eigenvalue weighted by Crippen LogP contribution is 2.34. The molecule has 4 aromatic rings. The number of nitrogens with one attached hydrogen (secondary N) is 1. The quantitative estimate of drug-likeness (QED) is 0.466. The number of anilines is 3. The number of benzene rings is 2. The van der Waals surface area contributed by atoms with Crippen LogP contribution in [0.3, 0.4) is 0 Å². The first-order valence-corrected chi connectivity index (χ1v) is 11.0. The van der Waals surface area contributed by atoms with Gasteiger partial charge in [-0.3, -0.25) is 4.57 Å². The topological polar surface area (TPSA) is 116 Å². The fourth-order valence-corrected chi connectivity index (χ4v) is 4.23. The summed E-state index contributed by atoms with van der Waals surface area (Å²) in [6.45, 7) is 0. The van der Waals surface area contributed by atoms with Crippen molar-refractivity contribution in [3.8, 4) is 5.69 Å². The summed E-state index contributed by atoms with van der Waals surface area (Å²) >= 11 is 12.6. The molecule has 0 fully saturated rings. The van der Waals surface area contributed by atoms with E-state index in [1.807, 2.05) is 0 Å². The smallest absolute Gasteiger partial charge is 0.207 e. The van der Waals surface area contributed by atoms with Gasteiger partial charge in [0.15, 0.2) is 26.8 Å². The van der Waals surface area contributed by atoms with E-state index in [0.29, 0.717) is 26.9 Å². The Labute approximate surface area is 180 Å². The van der Waals surface area contributed by atoms with Crippen LogP contribution in [0.4, 0.5) is 21.8 Å². The number of rotatable bonds is 4. The fourth-order valence-electron chi connectivity index (χ4n) is 2.94. The molecule has 30 heavy (non-hydrogen) atoms. The minimum absolute atomic E-state index is 0.0714. The lowest BCUT2D eigenvalue weighted by molar-refractivity contribution is 0.571. The van der Waals surface area contributed by atoms with E-state index in [1.165, 1.54) is 23.0 Å². The minimum Gasteiger partial charge on any atom is -0.369 e. The molecule has 0 amide bonds. The summed E-state index contributed by atoms with van der Waals surface area (Å²) < 4.78 is 38.9. The molecular weight excluding hydrogens is 454 g/mol. The summed E-state index contributed by atoms with van der Waals surface area (Å²) in [5.74, 6) is -0.581. The van der Waals surface area contributed by atoms with Gasteiger partial charge in [0.25, 0.3) is 0 Å². The third kappa shape index (κ3) is 3.53. The summed E-state index contributed by atoms with van der Waals surface area (Å²) in [5.41, 5.74) is 7.39. The standard InChI is InChI=1S/C18H13Cl2FN6O2S/c1-30(28,29)13-6-5-9(7-12(13)21)25-16-14-17(24-8-23-16)27(18(22)26-14)15-10(19)3-2-4-11(15)20/h2-8H,1H3,(H2,22,26)(H,23,24,25). The number of imidazole rings is 1. The first-order chi connectivity index (χ1) is 14.2. The lowest BCUT2D eigenvalue weighted by Crippen LogP contribution is -2.03. The van der Waals surface area contributed by atoms with E-state index in [-0.39, 0.29) is 17.5 Å². The second kappa shape index (κ2) is 7.38. The monoisotopic (exact) mass is 466 g/mol. The van der Waals surface area contributed by atoms with Crippen LogP contribution in [0.5, 0.6) is 0 Å². The first-order valence-electron chi connectivity index (χ1n) is 8.37. The Balaban J connectivity index is 1.82. The number of para-hydroxylation sites is 1. The molecule has 2 aromatic carbocycles. The van der Waals surface area contributed by atoms with Crippen LogP contribution in [-0.4, -0.2) is 34.2 Å². The lowest BCUT2D eigenvalue weighted by atomic mass is 10.3. The van der Waals surface area contributed by atoms with Crippen LogP contribution in [0.15, 0.2) is 47.6 Å². The van der Waals surface area contributed by atoms with E-state index in [2.05, 4.69) is 20.3 Å². The van der Waals surface area contributed by atoms with Crippen LogP contribution in [0, 0.1) is 5.82 Å². The zero-order valence-corrected chi connectivity index (χ0v) is 17.6. The Morgan fingerprint density at radius 3 is 2.47 bits per heavy atom. The van der Waals surface area contributed by atoms with Gasteiger partial charge >= 0.3 is 0 Å². The van der Waals surface area contributed by atoms with Crippen LogP contribution < -0.4 is 11.1 Å². The van der Waals surface area contributed by atoms with Crippen molar-refractivity contribution in [2.24, 2.45) is 0 Å². The molecule has 0 bridgehead atoms. The summed E-state index contributed by atoms with van der Waals surface area (Å²) in [4.78, 5) is 12.3. The van der Waals surface area contributed by atoms with Crippen LogP contribution >= 0.6 is 23.2 Å². The Hall–Kier alpha value is -2.95. The predicted octanol–water partition coefficient (Wildman–Crippen LogP) is 3.99. The van der Waals surface area contributed by atoms with Gasteiger partial charge in [-0.15, -0.1) is 0 Å². The molecule has 12 heteroatoms. The van der Waals surface area contributed by atoms with Gasteiger partial charge in [0, 0.05) is 11.9 Å². The number of halogens is 3. The molecule has 0 saturated carbocycles. The van der Waals surface area contributed by atoms with Crippen LogP contribution in [0.25, 0.3) is 16.9 Å². The maximum atomic E-state index is 14.2. The van der Waals surface area contributed by atoms with Crippen molar-refractivity contribution >= 4 is 61.7 Å². The second-order valence-electron chi connectivity index (χ2n) is 6.31. The van der Waals surface area contributed by atoms with Crippen molar-refractivity contribution in [3.63, 3.8) is 0 Å². The third-order valence-electron chi connectivity index (χ3n) is 4.23. The molecule has 4 rings (SSSR count). The molecule has 2 heterocycles. The summed E-state index contributed by atoms with van der Waals surface area (Å²) in [6.07, 6.45) is 2.20. The lowest BCUT2D eigenvalue weighted by Gasteiger charge is -2.10. The fraction of sp³-hybridized carbons (Fsp3) is 0.0556. The molecule has 0 saturated heterocycles. The molecule has 154 valence electrons. The number of nitrogens with zero attached hydrogens (tertiary/aromatic N) is 4. The van der Waals surface area contributed by atoms with Crippen molar-refractivity contribution in [2.45, 2.75) is 4.90 Å². The maximum Gasteiger partial charge on any atom is 0.207 e. The highest BCUT2D eigenvalue weighted by molar-refractivity contribution is 7.90. The molecule has 0 spiro atoms. The number of aromatic nitrogens is 4. The molecule has 0 atom stereocenters. The number of nitrogen functional groups attached to an aromatic ring is 1. The Morgan fingerprint density at radius 1 is 1.13 bits per heavy atom. The van der Waals surface area contributed by atoms with Gasteiger partial charge in [-0.05, 0) is 30.3 Å². The second-order valence-corrected chi connectivity index (χ2v) is 9.11. The van der Waals surface area contributed by atoms with E-state index in [1.54, 1.807) is 18.2 Å². The summed E-state index contributed by atoms with van der Waals surface area (Å²) in [7, 11) is -3.68. The van der Waals surface area contributed by atoms with Crippen molar-refractivity contribution in [2.75, 3.05) is 17.3 Å². The highest BCUT2D eigenvalue weighted by atomic mass is 35.5. The molecule has 0 aliphatic heterocycles. The average Bonchev–Trinajstić information content (AvgIpc) is 2.98. The van der Waals surface area contributed by atoms with Gasteiger partial charge in [-0.2, -0.15) is 0 Å². The molecule has 8 nitrogen and oxygen atoms in total. The number of fused-ring (bicyclic) bond motifs is 1. The van der Waals surface area contributed by atoms with Crippen molar-refractivity contribution < 1.29 is 12.8 Å². The average molecular weight is 467 g/mol. The molecule has 0 aliphatic carbocycles. The van der Waals surface area contributed by atoms with Gasteiger partial charge in [0.2, 0.25) is 5.95 Å². The molecule has 0 unspecified atom stereocenters. The Bertz CT molecular complexity index is 1390. The Kier molecular flexibility index (Phi) is 5.00. The van der Waals surface area contributed by atoms with E-state index < -0.39 is 20.5 Å². The number of nitrogens with two attached hydrogens (primary N) is 1. The van der Waals surface area contributed by atoms with Crippen LogP contribution in [-0.2, 0) is 9.84 Å². The molecular formula is C18H13Cl2FN6O2S. The van der Waals surface area contributed by atoms with Crippen molar-refractivity contribution in [1.82, 2.24) is 19.5 Å². The molecule has 3 N–H and O–H groups in total. The van der Waals surface area contributed by atoms with E-state index in [9.17, 15) is 12.8 Å². The molecule has 0 radical (unpaired) electrons. The number of hydrogen-bond acceptors (Lipinski definition) is 7. The minimum atomic E-state index is -3.68. The van der Waals surface area contributed by atoms with Crippen LogP contribution in [0.1, 0.15) is 0 Å². The summed E-state index contributed by atoms with van der Waals surface area (Å²) in [6, 6.07) is 8.64. The van der Waals surface area contributed by atoms with Crippen molar-refractivity contribution in [1.29, 1.82) is 0 Å². The number of sulfone groups is 1. The largest absolute Gasteiger partial charge is 0.369 e. The van der Waals surface area contributed by atoms with Gasteiger partial charge in [-0.1, -0.05) is 29.3 Å². The zero-order valence-electron chi connectivity index (χ0n) is 15.3. The maximum absolute atomic E-state index is 14.2. The van der Waals surface area contributed by atoms with Crippen molar-refractivity contribution in [3.05, 3.63) is 58.6 Å². The number of hydrogen-bond donors (Lipinski definition) is 2. The Morgan fingerprint density at radius 2 is 1.83 bits per heavy atom. The molecule has 2 aromatic heterocycles. The van der Waals surface area contributed by atoms with Crippen LogP contribution in [0.2, 0.25) is 10.0 Å².